The van der Waals surface area contributed by atoms with E-state index in [1.807, 2.05) is 6.07 Å². The normalized spacial score (nSPS) is 26.6. The fourth-order valence-corrected chi connectivity index (χ4v) is 3.45. The number of nitrogens with zero attached hydrogens (tertiary/aromatic N) is 1. The van der Waals surface area contributed by atoms with Gasteiger partial charge in [-0.15, -0.1) is 0 Å². The van der Waals surface area contributed by atoms with Crippen molar-refractivity contribution in [3.05, 3.63) is 29.1 Å². The molecule has 110 valence electrons. The van der Waals surface area contributed by atoms with E-state index in [-0.39, 0.29) is 5.82 Å². The van der Waals surface area contributed by atoms with Crippen molar-refractivity contribution in [3.8, 4) is 5.75 Å². The molecule has 2 aliphatic heterocycles. The molecule has 1 aromatic carbocycles. The first-order valence-corrected chi connectivity index (χ1v) is 7.38. The molecule has 1 fully saturated rings. The molecule has 1 N–H and O–H groups in total. The van der Waals surface area contributed by atoms with E-state index in [1.54, 1.807) is 6.07 Å². The molecule has 4 heteroatoms. The Morgan fingerprint density at radius 2 is 2.25 bits per heavy atom. The largest absolute Gasteiger partial charge is 0.494 e. The lowest BCUT2D eigenvalue weighted by molar-refractivity contribution is 0.164. The van der Waals surface area contributed by atoms with Crippen molar-refractivity contribution in [3.63, 3.8) is 0 Å². The number of hydrogen-bond donors (Lipinski definition) is 1. The van der Waals surface area contributed by atoms with Gasteiger partial charge in [0.1, 0.15) is 0 Å². The molecule has 0 aliphatic carbocycles. The maximum Gasteiger partial charge on any atom is 0.165 e. The number of benzene rings is 1. The molecule has 0 saturated carbocycles. The van der Waals surface area contributed by atoms with Crippen molar-refractivity contribution in [1.82, 2.24) is 10.2 Å². The number of ether oxygens (including phenoxy) is 1. The Morgan fingerprint density at radius 1 is 1.40 bits per heavy atom. The minimum atomic E-state index is -0.248. The molecule has 0 spiro atoms. The van der Waals surface area contributed by atoms with Crippen LogP contribution in [-0.4, -0.2) is 38.2 Å². The lowest BCUT2D eigenvalue weighted by Crippen LogP contribution is -2.40. The molecular weight excluding hydrogens is 255 g/mol. The zero-order valence-electron chi connectivity index (χ0n) is 12.3. The number of halogens is 1. The van der Waals surface area contributed by atoms with Crippen LogP contribution in [0.3, 0.4) is 0 Å². The second-order valence-corrected chi connectivity index (χ2v) is 6.45. The van der Waals surface area contributed by atoms with Gasteiger partial charge in [-0.1, -0.05) is 6.92 Å². The Morgan fingerprint density at radius 3 is 2.95 bits per heavy atom. The van der Waals surface area contributed by atoms with E-state index in [9.17, 15) is 4.39 Å². The van der Waals surface area contributed by atoms with Gasteiger partial charge < -0.3 is 10.1 Å². The van der Waals surface area contributed by atoms with Crippen molar-refractivity contribution in [1.29, 1.82) is 0 Å². The van der Waals surface area contributed by atoms with Crippen molar-refractivity contribution < 1.29 is 9.13 Å². The molecule has 0 radical (unpaired) electrons. The lowest BCUT2D eigenvalue weighted by atomic mass is 9.88. The van der Waals surface area contributed by atoms with Gasteiger partial charge in [-0.2, -0.15) is 0 Å². The van der Waals surface area contributed by atoms with Crippen molar-refractivity contribution in [2.75, 3.05) is 33.3 Å². The highest BCUT2D eigenvalue weighted by Gasteiger charge is 2.31. The fourth-order valence-electron chi connectivity index (χ4n) is 3.45. The van der Waals surface area contributed by atoms with Gasteiger partial charge in [-0.05, 0) is 48.1 Å². The quantitative estimate of drug-likeness (QED) is 0.917. The molecule has 0 bridgehead atoms. The zero-order chi connectivity index (χ0) is 14.2. The summed E-state index contributed by atoms with van der Waals surface area (Å²) in [6.07, 6.45) is 2.21. The Balaban J connectivity index is 1.73. The fraction of sp³-hybridized carbons (Fsp3) is 0.625. The van der Waals surface area contributed by atoms with Crippen LogP contribution in [0.5, 0.6) is 5.75 Å². The zero-order valence-corrected chi connectivity index (χ0v) is 12.3. The van der Waals surface area contributed by atoms with Crippen LogP contribution in [0.4, 0.5) is 4.39 Å². The molecule has 1 saturated heterocycles. The molecular formula is C16H23FN2O. The second kappa shape index (κ2) is 5.34. The Labute approximate surface area is 120 Å². The molecule has 0 amide bonds. The highest BCUT2D eigenvalue weighted by molar-refractivity contribution is 5.38. The number of fused-ring (bicyclic) bond motifs is 1. The van der Waals surface area contributed by atoms with Gasteiger partial charge >= 0.3 is 0 Å². The first kappa shape index (κ1) is 13.8. The van der Waals surface area contributed by atoms with E-state index in [0.717, 1.165) is 44.7 Å². The van der Waals surface area contributed by atoms with Crippen molar-refractivity contribution >= 4 is 0 Å². The van der Waals surface area contributed by atoms with E-state index in [2.05, 4.69) is 17.1 Å². The third-order valence-corrected chi connectivity index (χ3v) is 4.63. The monoisotopic (exact) mass is 278 g/mol. The van der Waals surface area contributed by atoms with Crippen molar-refractivity contribution in [2.45, 2.75) is 26.3 Å². The molecule has 2 aliphatic rings. The van der Waals surface area contributed by atoms with Gasteiger partial charge in [0.15, 0.2) is 11.6 Å². The van der Waals surface area contributed by atoms with Gasteiger partial charge in [-0.3, -0.25) is 4.90 Å². The molecule has 3 rings (SSSR count). The van der Waals surface area contributed by atoms with Crippen molar-refractivity contribution in [2.24, 2.45) is 5.41 Å². The molecule has 0 aromatic heterocycles. The highest BCUT2D eigenvalue weighted by Crippen LogP contribution is 2.30. The molecule has 20 heavy (non-hydrogen) atoms. The summed E-state index contributed by atoms with van der Waals surface area (Å²) in [5.74, 6) is 0.117. The third kappa shape index (κ3) is 2.67. The lowest BCUT2D eigenvalue weighted by Gasteiger charge is -2.35. The average Bonchev–Trinajstić information content (AvgIpc) is 2.84. The first-order valence-electron chi connectivity index (χ1n) is 7.38. The number of nitrogens with one attached hydrogen (secondary N) is 1. The van der Waals surface area contributed by atoms with Crippen LogP contribution in [0.2, 0.25) is 0 Å². The van der Waals surface area contributed by atoms with Gasteiger partial charge in [0.2, 0.25) is 0 Å². The van der Waals surface area contributed by atoms with Crippen LogP contribution in [0, 0.1) is 11.2 Å². The minimum absolute atomic E-state index is 0.248. The first-order chi connectivity index (χ1) is 9.59. The van der Waals surface area contributed by atoms with Crippen LogP contribution >= 0.6 is 0 Å². The minimum Gasteiger partial charge on any atom is -0.494 e. The maximum atomic E-state index is 13.8. The summed E-state index contributed by atoms with van der Waals surface area (Å²) in [6.45, 7) is 7.55. The van der Waals surface area contributed by atoms with Gasteiger partial charge in [0.25, 0.3) is 0 Å². The summed E-state index contributed by atoms with van der Waals surface area (Å²) in [6, 6.07) is 3.51. The number of rotatable bonds is 3. The van der Waals surface area contributed by atoms with Gasteiger partial charge in [-0.25, -0.2) is 4.39 Å². The number of hydrogen-bond acceptors (Lipinski definition) is 3. The van der Waals surface area contributed by atoms with E-state index < -0.39 is 0 Å². The third-order valence-electron chi connectivity index (χ3n) is 4.63. The average molecular weight is 278 g/mol. The standard InChI is InChI=1S/C16H23FN2O/c1-16(4-5-18-10-16)11-19-6-3-12-8-15(20-2)14(17)7-13(12)9-19/h7-8,18H,3-6,9-11H2,1-2H3. The predicted octanol–water partition coefficient (Wildman–Crippen LogP) is 2.19. The van der Waals surface area contributed by atoms with E-state index >= 15 is 0 Å². The van der Waals surface area contributed by atoms with Crippen LogP contribution < -0.4 is 10.1 Å². The van der Waals surface area contributed by atoms with Gasteiger partial charge in [0.05, 0.1) is 7.11 Å². The molecule has 1 atom stereocenters. The highest BCUT2D eigenvalue weighted by atomic mass is 19.1. The van der Waals surface area contributed by atoms with Gasteiger partial charge in [0, 0.05) is 26.2 Å². The summed E-state index contributed by atoms with van der Waals surface area (Å²) in [7, 11) is 1.52. The topological polar surface area (TPSA) is 24.5 Å². The molecule has 2 heterocycles. The second-order valence-electron chi connectivity index (χ2n) is 6.45. The summed E-state index contributed by atoms with van der Waals surface area (Å²) in [5.41, 5.74) is 2.71. The maximum absolute atomic E-state index is 13.8. The summed E-state index contributed by atoms with van der Waals surface area (Å²) < 4.78 is 18.9. The Bertz CT molecular complexity index is 497. The SMILES string of the molecule is COc1cc2c(cc1F)CN(CC1(C)CCNC1)CC2. The van der Waals surface area contributed by atoms with Crippen LogP contribution in [0.25, 0.3) is 0 Å². The van der Waals surface area contributed by atoms with Crippen LogP contribution in [0.1, 0.15) is 24.5 Å². The van der Waals surface area contributed by atoms with E-state index in [4.69, 9.17) is 4.74 Å². The van der Waals surface area contributed by atoms with Crippen LogP contribution in [-0.2, 0) is 13.0 Å². The van der Waals surface area contributed by atoms with Crippen LogP contribution in [0.15, 0.2) is 12.1 Å². The molecule has 3 nitrogen and oxygen atoms in total. The summed E-state index contributed by atoms with van der Waals surface area (Å²) in [4.78, 5) is 2.46. The van der Waals surface area contributed by atoms with E-state index in [0.29, 0.717) is 11.2 Å². The smallest absolute Gasteiger partial charge is 0.165 e. The predicted molar refractivity (Wildman–Crippen MR) is 77.5 cm³/mol. The molecule has 1 aromatic rings. The molecule has 1 unspecified atom stereocenters. The Hall–Kier alpha value is -1.13. The van der Waals surface area contributed by atoms with E-state index in [1.165, 1.54) is 19.1 Å². The number of methoxy groups -OCH3 is 1. The Kier molecular flexibility index (Phi) is 3.69. The summed E-state index contributed by atoms with van der Waals surface area (Å²) in [5, 5.41) is 3.44. The summed E-state index contributed by atoms with van der Waals surface area (Å²) >= 11 is 0.